The van der Waals surface area contributed by atoms with Crippen molar-refractivity contribution in [3.05, 3.63) is 0 Å². The molecule has 2 N–H and O–H groups in total. The lowest BCUT2D eigenvalue weighted by molar-refractivity contribution is -0.140. The molecule has 0 aliphatic heterocycles. The molecule has 0 radical (unpaired) electrons. The van der Waals surface area contributed by atoms with Gasteiger partial charge < -0.3 is 10.4 Å². The number of halogens is 1. The zero-order chi connectivity index (χ0) is 9.02. The van der Waals surface area contributed by atoms with Crippen LogP contribution in [0, 0.1) is 5.92 Å². The van der Waals surface area contributed by atoms with Crippen LogP contribution >= 0.6 is 22.6 Å². The van der Waals surface area contributed by atoms with Crippen LogP contribution in [0.25, 0.3) is 0 Å². The fourth-order valence-corrected chi connectivity index (χ4v) is 0.971. The molecule has 0 aromatic rings. The highest BCUT2D eigenvalue weighted by Gasteiger charge is 2.21. The molecule has 0 aliphatic carbocycles. The fraction of sp³-hybridized carbons (Fsp3) is 0.667. The summed E-state index contributed by atoms with van der Waals surface area (Å²) in [5.74, 6) is -1.09. The summed E-state index contributed by atoms with van der Waals surface area (Å²) in [5.41, 5.74) is 0. The van der Waals surface area contributed by atoms with Crippen molar-refractivity contribution in [1.29, 1.82) is 0 Å². The highest BCUT2D eigenvalue weighted by Crippen LogP contribution is 2.02. The van der Waals surface area contributed by atoms with E-state index in [9.17, 15) is 9.59 Å². The molecule has 0 spiro atoms. The lowest BCUT2D eigenvalue weighted by atomic mass is 10.1. The van der Waals surface area contributed by atoms with Gasteiger partial charge in [-0.3, -0.25) is 4.79 Å². The minimum atomic E-state index is -0.995. The zero-order valence-corrected chi connectivity index (χ0v) is 8.45. The molecule has 5 heteroatoms. The van der Waals surface area contributed by atoms with Crippen LogP contribution in [0.1, 0.15) is 13.8 Å². The molecule has 0 aromatic heterocycles. The topological polar surface area (TPSA) is 66.4 Å². The molecule has 0 fully saturated rings. The average Bonchev–Trinajstić information content (AvgIpc) is 1.81. The number of carboxylic acid groups (broad SMARTS) is 1. The van der Waals surface area contributed by atoms with Gasteiger partial charge in [-0.15, -0.1) is 0 Å². The second-order valence-electron chi connectivity index (χ2n) is 2.48. The third-order valence-corrected chi connectivity index (χ3v) is 1.51. The van der Waals surface area contributed by atoms with Gasteiger partial charge in [-0.25, -0.2) is 4.79 Å². The van der Waals surface area contributed by atoms with E-state index in [0.717, 1.165) is 0 Å². The van der Waals surface area contributed by atoms with Crippen molar-refractivity contribution in [3.63, 3.8) is 0 Å². The Morgan fingerprint density at radius 1 is 1.45 bits per heavy atom. The standard InChI is InChI=1S/C6H10INO3/c1-3(2)4(5(9)10)8-6(7)11/h3-4H,1-2H3,(H,8,11)(H,9,10)/t4-/m0/s1. The summed E-state index contributed by atoms with van der Waals surface area (Å²) < 4.78 is -0.344. The number of rotatable bonds is 3. The first-order valence-electron chi connectivity index (χ1n) is 3.14. The highest BCUT2D eigenvalue weighted by atomic mass is 127. The van der Waals surface area contributed by atoms with Crippen LogP contribution in [0.3, 0.4) is 0 Å². The van der Waals surface area contributed by atoms with Crippen LogP contribution in [0.15, 0.2) is 0 Å². The molecule has 0 heterocycles. The molecule has 64 valence electrons. The Kier molecular flexibility index (Phi) is 4.39. The van der Waals surface area contributed by atoms with Gasteiger partial charge in [0.25, 0.3) is 3.91 Å². The molecule has 11 heavy (non-hydrogen) atoms. The molecular formula is C6H10INO3. The Hall–Kier alpha value is -0.330. The van der Waals surface area contributed by atoms with Crippen LogP contribution in [0.2, 0.25) is 0 Å². The van der Waals surface area contributed by atoms with E-state index in [1.165, 1.54) is 22.6 Å². The molecule has 0 rings (SSSR count). The van der Waals surface area contributed by atoms with Crippen molar-refractivity contribution in [1.82, 2.24) is 5.32 Å². The lowest BCUT2D eigenvalue weighted by Gasteiger charge is -2.15. The summed E-state index contributed by atoms with van der Waals surface area (Å²) in [5, 5.41) is 10.9. The molecule has 4 nitrogen and oxygen atoms in total. The van der Waals surface area contributed by atoms with Crippen LogP contribution in [0.4, 0.5) is 4.79 Å². The van der Waals surface area contributed by atoms with Gasteiger partial charge in [-0.2, -0.15) is 0 Å². The molecular weight excluding hydrogens is 261 g/mol. The Morgan fingerprint density at radius 3 is 2.00 bits per heavy atom. The summed E-state index contributed by atoms with van der Waals surface area (Å²) in [6.07, 6.45) is 0. The van der Waals surface area contributed by atoms with Crippen molar-refractivity contribution in [2.75, 3.05) is 0 Å². The molecule has 0 saturated heterocycles. The van der Waals surface area contributed by atoms with E-state index in [1.54, 1.807) is 13.8 Å². The second-order valence-corrected chi connectivity index (χ2v) is 3.46. The van der Waals surface area contributed by atoms with E-state index < -0.39 is 12.0 Å². The fourth-order valence-electron chi connectivity index (χ4n) is 0.636. The molecule has 0 saturated carbocycles. The van der Waals surface area contributed by atoms with Crippen LogP contribution in [-0.2, 0) is 4.79 Å². The van der Waals surface area contributed by atoms with Crippen LogP contribution < -0.4 is 5.32 Å². The number of carboxylic acids is 1. The molecule has 0 aliphatic rings. The predicted molar refractivity (Wildman–Crippen MR) is 48.8 cm³/mol. The maximum atomic E-state index is 10.5. The Balaban J connectivity index is 4.12. The smallest absolute Gasteiger partial charge is 0.326 e. The van der Waals surface area contributed by atoms with Gasteiger partial charge in [0.15, 0.2) is 0 Å². The zero-order valence-electron chi connectivity index (χ0n) is 6.30. The molecule has 1 atom stereocenters. The predicted octanol–water partition coefficient (Wildman–Crippen LogP) is 1.24. The molecule has 0 unspecified atom stereocenters. The minimum Gasteiger partial charge on any atom is -0.480 e. The maximum Gasteiger partial charge on any atom is 0.326 e. The van der Waals surface area contributed by atoms with Crippen LogP contribution in [0.5, 0.6) is 0 Å². The van der Waals surface area contributed by atoms with Crippen molar-refractivity contribution >= 4 is 32.5 Å². The summed E-state index contributed by atoms with van der Waals surface area (Å²) in [4.78, 5) is 20.9. The maximum absolute atomic E-state index is 10.5. The van der Waals surface area contributed by atoms with Gasteiger partial charge in [-0.1, -0.05) is 13.8 Å². The summed E-state index contributed by atoms with van der Waals surface area (Å²) in [6, 6.07) is -0.778. The van der Waals surface area contributed by atoms with Crippen LogP contribution in [-0.4, -0.2) is 21.0 Å². The van der Waals surface area contributed by atoms with E-state index in [2.05, 4.69) is 5.32 Å². The molecule has 0 bridgehead atoms. The second kappa shape index (κ2) is 4.53. The van der Waals surface area contributed by atoms with Gasteiger partial charge in [0.2, 0.25) is 0 Å². The van der Waals surface area contributed by atoms with Gasteiger partial charge >= 0.3 is 5.97 Å². The SMILES string of the molecule is CC(C)[C@H](NC(=O)I)C(=O)O. The Labute approximate surface area is 78.5 Å². The third-order valence-electron chi connectivity index (χ3n) is 1.20. The van der Waals surface area contributed by atoms with Crippen molar-refractivity contribution in [2.45, 2.75) is 19.9 Å². The average molecular weight is 271 g/mol. The minimum absolute atomic E-state index is 0.0915. The first kappa shape index (κ1) is 10.7. The van der Waals surface area contributed by atoms with Crippen molar-refractivity contribution in [2.24, 2.45) is 5.92 Å². The number of aliphatic carboxylic acids is 1. The Bertz CT molecular complexity index is 169. The molecule has 0 aromatic carbocycles. The van der Waals surface area contributed by atoms with E-state index >= 15 is 0 Å². The van der Waals surface area contributed by atoms with E-state index in [-0.39, 0.29) is 9.83 Å². The van der Waals surface area contributed by atoms with Gasteiger partial charge in [-0.05, 0) is 5.92 Å². The van der Waals surface area contributed by atoms with Crippen molar-refractivity contribution in [3.8, 4) is 0 Å². The number of carbonyl (C=O) groups excluding carboxylic acids is 1. The third kappa shape index (κ3) is 4.18. The monoisotopic (exact) mass is 271 g/mol. The van der Waals surface area contributed by atoms with Gasteiger partial charge in [0, 0.05) is 22.6 Å². The number of amides is 1. The van der Waals surface area contributed by atoms with Gasteiger partial charge in [0.1, 0.15) is 6.04 Å². The molecule has 1 amide bonds. The van der Waals surface area contributed by atoms with E-state index in [4.69, 9.17) is 5.11 Å². The summed E-state index contributed by atoms with van der Waals surface area (Å²) in [6.45, 7) is 3.48. The summed E-state index contributed by atoms with van der Waals surface area (Å²) >= 11 is 1.51. The quantitative estimate of drug-likeness (QED) is 0.461. The first-order chi connectivity index (χ1) is 4.95. The Morgan fingerprint density at radius 2 is 1.91 bits per heavy atom. The van der Waals surface area contributed by atoms with Gasteiger partial charge in [0.05, 0.1) is 0 Å². The number of carbonyl (C=O) groups is 2. The summed E-state index contributed by atoms with van der Waals surface area (Å²) in [7, 11) is 0. The highest BCUT2D eigenvalue weighted by molar-refractivity contribution is 14.1. The number of hydrogen-bond donors (Lipinski definition) is 2. The van der Waals surface area contributed by atoms with E-state index in [1.807, 2.05) is 0 Å². The lowest BCUT2D eigenvalue weighted by Crippen LogP contribution is -2.41. The van der Waals surface area contributed by atoms with Crippen molar-refractivity contribution < 1.29 is 14.7 Å². The largest absolute Gasteiger partial charge is 0.480 e. The first-order valence-corrected chi connectivity index (χ1v) is 4.21. The normalized spacial score (nSPS) is 12.7. The number of nitrogens with one attached hydrogen (secondary N) is 1. The number of hydrogen-bond acceptors (Lipinski definition) is 2. The van der Waals surface area contributed by atoms with E-state index in [0.29, 0.717) is 0 Å².